The Balaban J connectivity index is 1.63. The number of aromatic nitrogens is 3. The van der Waals surface area contributed by atoms with Gasteiger partial charge in [-0.1, -0.05) is 11.8 Å². The van der Waals surface area contributed by atoms with Gasteiger partial charge in [0.1, 0.15) is 23.1 Å². The molecule has 1 N–H and O–H groups in total. The second-order valence-electron chi connectivity index (χ2n) is 7.91. The number of nitrogens with one attached hydrogen (secondary N) is 1. The number of thioether (sulfide) groups is 1. The van der Waals surface area contributed by atoms with Gasteiger partial charge >= 0.3 is 0 Å². The minimum Gasteiger partial charge on any atom is -0.497 e. The fourth-order valence-corrected chi connectivity index (χ4v) is 4.54. The third-order valence-corrected chi connectivity index (χ3v) is 6.37. The summed E-state index contributed by atoms with van der Waals surface area (Å²) in [6.45, 7) is 2.73. The summed E-state index contributed by atoms with van der Waals surface area (Å²) >= 11 is 1.54. The van der Waals surface area contributed by atoms with Gasteiger partial charge in [0, 0.05) is 41.6 Å². The first-order valence-corrected chi connectivity index (χ1v) is 12.8. The molecule has 0 saturated heterocycles. The van der Waals surface area contributed by atoms with Gasteiger partial charge in [-0.15, -0.1) is 0 Å². The lowest BCUT2D eigenvalue weighted by atomic mass is 10.1. The van der Waals surface area contributed by atoms with Gasteiger partial charge in [-0.3, -0.25) is 4.79 Å². The average molecular weight is 519 g/mol. The number of hydrogen-bond donors (Lipinski definition) is 1. The Morgan fingerprint density at radius 2 is 1.86 bits per heavy atom. The van der Waals surface area contributed by atoms with Crippen molar-refractivity contribution in [1.82, 2.24) is 14.5 Å². The summed E-state index contributed by atoms with van der Waals surface area (Å²) < 4.78 is 26.3. The Hall–Kier alpha value is -4.11. The number of pyridine rings is 1. The molecule has 0 spiro atoms. The summed E-state index contributed by atoms with van der Waals surface area (Å²) in [4.78, 5) is 21.8. The lowest BCUT2D eigenvalue weighted by Crippen LogP contribution is -2.09. The zero-order valence-corrected chi connectivity index (χ0v) is 21.8. The maximum atomic E-state index is 13.6. The van der Waals surface area contributed by atoms with Crippen LogP contribution < -0.4 is 14.8 Å². The molecule has 9 heteroatoms. The second-order valence-corrected chi connectivity index (χ2v) is 8.68. The number of nitrogens with zero attached hydrogens (tertiary/aromatic N) is 3. The molecular weight excluding hydrogens is 491 g/mol. The lowest BCUT2D eigenvalue weighted by molar-refractivity contribution is -0.111. The Morgan fingerprint density at radius 3 is 2.54 bits per heavy atom. The predicted molar refractivity (Wildman–Crippen MR) is 146 cm³/mol. The van der Waals surface area contributed by atoms with E-state index in [4.69, 9.17) is 14.5 Å². The van der Waals surface area contributed by atoms with Crippen molar-refractivity contribution in [2.45, 2.75) is 18.6 Å². The summed E-state index contributed by atoms with van der Waals surface area (Å²) in [7, 11) is 3.14. The van der Waals surface area contributed by atoms with Crippen molar-refractivity contribution < 1.29 is 18.7 Å². The van der Waals surface area contributed by atoms with Gasteiger partial charge in [0.2, 0.25) is 5.91 Å². The first kappa shape index (κ1) is 26.0. The van der Waals surface area contributed by atoms with Gasteiger partial charge in [0.05, 0.1) is 25.6 Å². The number of imidazole rings is 1. The number of rotatable bonds is 9. The lowest BCUT2D eigenvalue weighted by Gasteiger charge is -2.11. The Morgan fingerprint density at radius 1 is 1.08 bits per heavy atom. The molecule has 0 unspecified atom stereocenters. The molecule has 0 fully saturated rings. The van der Waals surface area contributed by atoms with Gasteiger partial charge in [-0.05, 0) is 67.8 Å². The predicted octanol–water partition coefficient (Wildman–Crippen LogP) is 6.16. The molecule has 4 rings (SSSR count). The summed E-state index contributed by atoms with van der Waals surface area (Å²) in [6, 6.07) is 15.3. The van der Waals surface area contributed by atoms with Gasteiger partial charge in [0.15, 0.2) is 5.16 Å². The maximum Gasteiger partial charge on any atom is 0.249 e. The number of benzene rings is 2. The zero-order valence-electron chi connectivity index (χ0n) is 21.0. The first-order valence-electron chi connectivity index (χ1n) is 11.5. The molecule has 190 valence electrons. The van der Waals surface area contributed by atoms with Crippen LogP contribution >= 0.6 is 11.8 Å². The molecule has 0 atom stereocenters. The fourth-order valence-electron chi connectivity index (χ4n) is 3.92. The first-order chi connectivity index (χ1) is 18.0. The average Bonchev–Trinajstić information content (AvgIpc) is 3.31. The monoisotopic (exact) mass is 518 g/mol. The van der Waals surface area contributed by atoms with Crippen LogP contribution in [0.25, 0.3) is 28.6 Å². The van der Waals surface area contributed by atoms with E-state index in [1.54, 1.807) is 56.8 Å². The third-order valence-electron chi connectivity index (χ3n) is 5.69. The molecule has 37 heavy (non-hydrogen) atoms. The number of anilines is 1. The van der Waals surface area contributed by atoms with E-state index in [2.05, 4.69) is 14.9 Å². The van der Waals surface area contributed by atoms with Crippen molar-refractivity contribution in [3.8, 4) is 34.0 Å². The Bertz CT molecular complexity index is 1430. The number of amides is 1. The molecule has 2 aromatic carbocycles. The van der Waals surface area contributed by atoms with Crippen LogP contribution in [-0.4, -0.2) is 40.9 Å². The summed E-state index contributed by atoms with van der Waals surface area (Å²) in [5.74, 6) is 1.01. The van der Waals surface area contributed by atoms with Crippen LogP contribution in [0.15, 0.2) is 72.0 Å². The number of hydrogen-bond acceptors (Lipinski definition) is 6. The SMILES string of the molecule is CCn1c(SC)nc(-c2ccc(F)cc2)c1-c1ccnc(NC(=O)/C=C/c2ccc(OC)cc2OC)c1. The molecule has 4 aromatic rings. The maximum absolute atomic E-state index is 13.6. The minimum atomic E-state index is -0.338. The van der Waals surface area contributed by atoms with Crippen LogP contribution in [0, 0.1) is 5.82 Å². The van der Waals surface area contributed by atoms with Gasteiger partial charge in [0.25, 0.3) is 0 Å². The smallest absolute Gasteiger partial charge is 0.249 e. The highest BCUT2D eigenvalue weighted by Gasteiger charge is 2.19. The Labute approximate surface area is 219 Å². The quantitative estimate of drug-likeness (QED) is 0.211. The molecule has 0 aliphatic carbocycles. The van der Waals surface area contributed by atoms with Crippen LogP contribution in [0.5, 0.6) is 11.5 Å². The molecule has 0 bridgehead atoms. The number of carbonyl (C=O) groups excluding carboxylic acids is 1. The molecule has 7 nitrogen and oxygen atoms in total. The highest BCUT2D eigenvalue weighted by Crippen LogP contribution is 2.36. The molecule has 2 aromatic heterocycles. The molecule has 0 aliphatic rings. The van der Waals surface area contributed by atoms with Crippen LogP contribution in [0.1, 0.15) is 12.5 Å². The van der Waals surface area contributed by atoms with E-state index in [0.29, 0.717) is 23.9 Å². The largest absolute Gasteiger partial charge is 0.497 e. The summed E-state index contributed by atoms with van der Waals surface area (Å²) in [6.07, 6.45) is 6.70. The highest BCUT2D eigenvalue weighted by atomic mass is 32.2. The molecule has 0 aliphatic heterocycles. The van der Waals surface area contributed by atoms with E-state index >= 15 is 0 Å². The van der Waals surface area contributed by atoms with Crippen LogP contribution in [-0.2, 0) is 11.3 Å². The number of carbonyl (C=O) groups is 1. The van der Waals surface area contributed by atoms with E-state index in [1.807, 2.05) is 25.3 Å². The van der Waals surface area contributed by atoms with Crippen molar-refractivity contribution >= 4 is 29.6 Å². The van der Waals surface area contributed by atoms with Crippen LogP contribution in [0.3, 0.4) is 0 Å². The summed E-state index contributed by atoms with van der Waals surface area (Å²) in [5.41, 5.74) is 3.98. The van der Waals surface area contributed by atoms with Crippen LogP contribution in [0.2, 0.25) is 0 Å². The van der Waals surface area contributed by atoms with Crippen LogP contribution in [0.4, 0.5) is 10.2 Å². The Kier molecular flexibility index (Phi) is 8.25. The molecule has 2 heterocycles. The zero-order chi connectivity index (χ0) is 26.4. The van der Waals surface area contributed by atoms with Gasteiger partial charge in [-0.25, -0.2) is 14.4 Å². The minimum absolute atomic E-state index is 0.306. The van der Waals surface area contributed by atoms with Gasteiger partial charge < -0.3 is 19.4 Å². The van der Waals surface area contributed by atoms with E-state index in [-0.39, 0.29) is 11.7 Å². The molecular formula is C28H27FN4O3S. The molecule has 1 amide bonds. The highest BCUT2D eigenvalue weighted by molar-refractivity contribution is 7.98. The van der Waals surface area contributed by atoms with E-state index in [1.165, 1.54) is 30.0 Å². The third kappa shape index (κ3) is 5.83. The topological polar surface area (TPSA) is 78.3 Å². The van der Waals surface area contributed by atoms with E-state index in [9.17, 15) is 9.18 Å². The molecule has 0 saturated carbocycles. The standard InChI is InChI=1S/C28H27FN4O3S/c1-5-33-27(26(32-28(33)37-4)19-6-10-21(29)11-7-19)20-14-15-30-24(16-20)31-25(34)13-9-18-8-12-22(35-2)17-23(18)36-3/h6-17H,5H2,1-4H3,(H,30,31,34)/b13-9+. The van der Waals surface area contributed by atoms with Crippen molar-refractivity contribution in [2.24, 2.45) is 0 Å². The second kappa shape index (κ2) is 11.7. The molecule has 0 radical (unpaired) electrons. The van der Waals surface area contributed by atoms with Crippen molar-refractivity contribution in [3.05, 3.63) is 78.3 Å². The fraction of sp³-hybridized carbons (Fsp3) is 0.179. The number of ether oxygens (including phenoxy) is 2. The number of halogens is 1. The van der Waals surface area contributed by atoms with Crippen molar-refractivity contribution in [3.63, 3.8) is 0 Å². The summed E-state index contributed by atoms with van der Waals surface area (Å²) in [5, 5.41) is 3.66. The normalized spacial score (nSPS) is 11.1. The van der Waals surface area contributed by atoms with E-state index in [0.717, 1.165) is 33.2 Å². The van der Waals surface area contributed by atoms with E-state index < -0.39 is 0 Å². The van der Waals surface area contributed by atoms with Crippen molar-refractivity contribution in [2.75, 3.05) is 25.8 Å². The van der Waals surface area contributed by atoms with Gasteiger partial charge in [-0.2, -0.15) is 0 Å². The van der Waals surface area contributed by atoms with Crippen molar-refractivity contribution in [1.29, 1.82) is 0 Å². The number of methoxy groups -OCH3 is 2.